The fraction of sp³-hybridized carbons (Fsp3) is 0.107. The van der Waals surface area contributed by atoms with Crippen molar-refractivity contribution in [1.82, 2.24) is 0 Å². The molecule has 0 aliphatic heterocycles. The summed E-state index contributed by atoms with van der Waals surface area (Å²) in [6.45, 7) is 0. The van der Waals surface area contributed by atoms with Gasteiger partial charge in [-0.05, 0) is 92.9 Å². The molecule has 1 aliphatic carbocycles. The van der Waals surface area contributed by atoms with Crippen molar-refractivity contribution in [3.8, 4) is 33.4 Å². The lowest BCUT2D eigenvalue weighted by Crippen LogP contribution is -2.13. The molecule has 1 fully saturated rings. The molecule has 0 spiro atoms. The van der Waals surface area contributed by atoms with E-state index in [0.29, 0.717) is 5.92 Å². The summed E-state index contributed by atoms with van der Waals surface area (Å²) in [5.41, 5.74) is 13.7. The molecule has 0 saturated heterocycles. The molecule has 58 heavy (non-hydrogen) atoms. The van der Waals surface area contributed by atoms with Crippen LogP contribution in [0, 0.1) is 0 Å². The summed E-state index contributed by atoms with van der Waals surface area (Å²) in [4.78, 5) is 2.50. The zero-order valence-corrected chi connectivity index (χ0v) is 32.4. The topological polar surface area (TPSA) is 16.4 Å². The summed E-state index contributed by atoms with van der Waals surface area (Å²) in [7, 11) is 0. The molecule has 0 amide bonds. The van der Waals surface area contributed by atoms with E-state index in [9.17, 15) is 0 Å². The number of anilines is 3. The van der Waals surface area contributed by atoms with Crippen LogP contribution in [0.4, 0.5) is 17.1 Å². The summed E-state index contributed by atoms with van der Waals surface area (Å²) in [6.07, 6.45) is 6.45. The predicted octanol–water partition coefficient (Wildman–Crippen LogP) is 16.4. The van der Waals surface area contributed by atoms with Gasteiger partial charge in [0.2, 0.25) is 0 Å². The molecular formula is C56H43NO. The van der Waals surface area contributed by atoms with Crippen LogP contribution in [-0.4, -0.2) is 0 Å². The van der Waals surface area contributed by atoms with E-state index < -0.39 is 0 Å². The minimum atomic E-state index is 0.576. The molecular weight excluding hydrogens is 703 g/mol. The van der Waals surface area contributed by atoms with Crippen molar-refractivity contribution in [2.24, 2.45) is 0 Å². The van der Waals surface area contributed by atoms with Gasteiger partial charge in [0.05, 0.1) is 11.4 Å². The third-order valence-electron chi connectivity index (χ3n) is 12.5. The monoisotopic (exact) mass is 745 g/mol. The van der Waals surface area contributed by atoms with E-state index in [1.807, 2.05) is 6.07 Å². The van der Waals surface area contributed by atoms with Crippen molar-refractivity contribution in [2.75, 3.05) is 4.90 Å². The second-order valence-electron chi connectivity index (χ2n) is 15.8. The van der Waals surface area contributed by atoms with E-state index in [0.717, 1.165) is 50.1 Å². The van der Waals surface area contributed by atoms with E-state index in [-0.39, 0.29) is 0 Å². The highest BCUT2D eigenvalue weighted by molar-refractivity contribution is 6.10. The molecule has 11 rings (SSSR count). The van der Waals surface area contributed by atoms with Crippen molar-refractivity contribution < 1.29 is 4.42 Å². The second-order valence-corrected chi connectivity index (χ2v) is 15.8. The van der Waals surface area contributed by atoms with Crippen LogP contribution < -0.4 is 4.90 Å². The SMILES string of the molecule is c1cc(-c2cccc3c2oc2ccccc23)cc(N(c2ccccc2-c2cccc3ccccc23)c2ccccc2-c2cccc3cccc(C4CCCCC4)c23)c1. The lowest BCUT2D eigenvalue weighted by atomic mass is 9.80. The molecule has 2 nitrogen and oxygen atoms in total. The maximum atomic E-state index is 6.59. The van der Waals surface area contributed by atoms with Crippen LogP contribution in [0.5, 0.6) is 0 Å². The highest BCUT2D eigenvalue weighted by Gasteiger charge is 2.25. The first-order chi connectivity index (χ1) is 28.8. The molecule has 9 aromatic carbocycles. The Morgan fingerprint density at radius 3 is 1.81 bits per heavy atom. The standard InChI is InChI=1S/C56H43NO/c1-2-17-39(18-3-1)44-29-14-21-40-22-15-32-50(55(40)44)48-27-7-10-35-53(48)57(52-34-9-6-26-47(52)46-31-13-20-38-19-4-5-25-43(38)46)42-24-12-23-41(37-42)45-30-16-33-51-49-28-8-11-36-54(49)58-56(45)51/h4-16,19-37,39H,1-3,17-18H2. The zero-order chi connectivity index (χ0) is 38.4. The number of hydrogen-bond donors (Lipinski definition) is 0. The van der Waals surface area contributed by atoms with Crippen molar-refractivity contribution in [2.45, 2.75) is 38.0 Å². The minimum Gasteiger partial charge on any atom is -0.455 e. The van der Waals surface area contributed by atoms with Gasteiger partial charge in [-0.15, -0.1) is 0 Å². The first-order valence-electron chi connectivity index (χ1n) is 20.8. The number of benzene rings is 9. The molecule has 10 aromatic rings. The minimum absolute atomic E-state index is 0.576. The smallest absolute Gasteiger partial charge is 0.143 e. The zero-order valence-electron chi connectivity index (χ0n) is 32.4. The quantitative estimate of drug-likeness (QED) is 0.162. The molecule has 0 radical (unpaired) electrons. The van der Waals surface area contributed by atoms with Crippen molar-refractivity contribution >= 4 is 60.5 Å². The van der Waals surface area contributed by atoms with Gasteiger partial charge >= 0.3 is 0 Å². The van der Waals surface area contributed by atoms with Crippen LogP contribution in [0.2, 0.25) is 0 Å². The molecule has 0 N–H and O–H groups in total. The highest BCUT2D eigenvalue weighted by Crippen LogP contribution is 2.49. The number of rotatable bonds is 7. The first-order valence-corrected chi connectivity index (χ1v) is 20.8. The van der Waals surface area contributed by atoms with E-state index in [1.165, 1.54) is 81.5 Å². The molecule has 1 aromatic heterocycles. The van der Waals surface area contributed by atoms with Crippen LogP contribution >= 0.6 is 0 Å². The summed E-state index contributed by atoms with van der Waals surface area (Å²) in [6, 6.07) is 71.1. The Balaban J connectivity index is 1.17. The lowest BCUT2D eigenvalue weighted by molar-refractivity contribution is 0.445. The van der Waals surface area contributed by atoms with E-state index in [2.05, 4.69) is 193 Å². The predicted molar refractivity (Wildman–Crippen MR) is 246 cm³/mol. The van der Waals surface area contributed by atoms with E-state index in [1.54, 1.807) is 0 Å². The molecule has 0 bridgehead atoms. The Hall–Kier alpha value is -6.90. The molecule has 0 unspecified atom stereocenters. The van der Waals surface area contributed by atoms with Gasteiger partial charge in [0.25, 0.3) is 0 Å². The van der Waals surface area contributed by atoms with Gasteiger partial charge in [0.1, 0.15) is 11.2 Å². The number of hydrogen-bond acceptors (Lipinski definition) is 2. The highest BCUT2D eigenvalue weighted by atomic mass is 16.3. The Morgan fingerprint density at radius 2 is 0.983 bits per heavy atom. The van der Waals surface area contributed by atoms with Crippen LogP contribution in [0.25, 0.3) is 76.9 Å². The number of para-hydroxylation sites is 4. The number of furan rings is 1. The number of nitrogens with zero attached hydrogens (tertiary/aromatic N) is 1. The van der Waals surface area contributed by atoms with Crippen LogP contribution in [-0.2, 0) is 0 Å². The van der Waals surface area contributed by atoms with E-state index >= 15 is 0 Å². The van der Waals surface area contributed by atoms with Crippen molar-refractivity contribution in [1.29, 1.82) is 0 Å². The summed E-state index contributed by atoms with van der Waals surface area (Å²) in [5, 5.41) is 7.43. The van der Waals surface area contributed by atoms with Crippen LogP contribution in [0.3, 0.4) is 0 Å². The molecule has 1 aliphatic rings. The average Bonchev–Trinajstić information content (AvgIpc) is 3.68. The third kappa shape index (κ3) is 5.87. The molecule has 2 heteroatoms. The maximum absolute atomic E-state index is 6.59. The number of fused-ring (bicyclic) bond motifs is 5. The van der Waals surface area contributed by atoms with Gasteiger partial charge in [-0.1, -0.05) is 183 Å². The van der Waals surface area contributed by atoms with Gasteiger partial charge in [0.15, 0.2) is 0 Å². The Morgan fingerprint density at radius 1 is 0.414 bits per heavy atom. The van der Waals surface area contributed by atoms with Crippen LogP contribution in [0.15, 0.2) is 199 Å². The largest absolute Gasteiger partial charge is 0.455 e. The van der Waals surface area contributed by atoms with Gasteiger partial charge in [0, 0.05) is 33.2 Å². The van der Waals surface area contributed by atoms with Gasteiger partial charge in [-0.3, -0.25) is 0 Å². The van der Waals surface area contributed by atoms with Gasteiger partial charge < -0.3 is 9.32 Å². The van der Waals surface area contributed by atoms with Crippen LogP contribution in [0.1, 0.15) is 43.6 Å². The van der Waals surface area contributed by atoms with Gasteiger partial charge in [-0.2, -0.15) is 0 Å². The average molecular weight is 746 g/mol. The molecule has 278 valence electrons. The summed E-state index contributed by atoms with van der Waals surface area (Å²) in [5.74, 6) is 0.576. The fourth-order valence-electron chi connectivity index (χ4n) is 9.80. The summed E-state index contributed by atoms with van der Waals surface area (Å²) < 4.78 is 6.59. The van der Waals surface area contributed by atoms with Crippen molar-refractivity contribution in [3.05, 3.63) is 200 Å². The van der Waals surface area contributed by atoms with Crippen molar-refractivity contribution in [3.63, 3.8) is 0 Å². The molecule has 1 saturated carbocycles. The van der Waals surface area contributed by atoms with Gasteiger partial charge in [-0.25, -0.2) is 0 Å². The Bertz CT molecular complexity index is 3120. The Labute approximate surface area is 339 Å². The molecule has 0 atom stereocenters. The second kappa shape index (κ2) is 14.6. The Kier molecular flexibility index (Phi) is 8.62. The lowest BCUT2D eigenvalue weighted by Gasteiger charge is -2.31. The summed E-state index contributed by atoms with van der Waals surface area (Å²) >= 11 is 0. The van der Waals surface area contributed by atoms with E-state index in [4.69, 9.17) is 4.42 Å². The first kappa shape index (κ1) is 34.4. The maximum Gasteiger partial charge on any atom is 0.143 e. The normalized spacial score (nSPS) is 13.4. The fourth-order valence-corrected chi connectivity index (χ4v) is 9.80. The third-order valence-corrected chi connectivity index (χ3v) is 12.5. The molecule has 1 heterocycles.